The summed E-state index contributed by atoms with van der Waals surface area (Å²) in [5, 5.41) is 19.4. The van der Waals surface area contributed by atoms with Gasteiger partial charge in [0.1, 0.15) is 0 Å². The predicted molar refractivity (Wildman–Crippen MR) is 75.8 cm³/mol. The molecule has 82 valence electrons. The number of carbonyl (C=O) groups is 1. The highest BCUT2D eigenvalue weighted by Gasteiger charge is 2.18. The molecule has 0 saturated carbocycles. The van der Waals surface area contributed by atoms with Gasteiger partial charge in [0.05, 0.1) is 9.09 Å². The SMILES string of the molecule is O=C(O)c1nc2cccc(I)c2c(I)c1O. The zero-order valence-electron chi connectivity index (χ0n) is 7.74. The molecular formula is C10H5I2NO3. The summed E-state index contributed by atoms with van der Waals surface area (Å²) in [6.07, 6.45) is 0. The number of aromatic hydroxyl groups is 1. The van der Waals surface area contributed by atoms with Gasteiger partial charge >= 0.3 is 5.97 Å². The van der Waals surface area contributed by atoms with Gasteiger partial charge in [-0.1, -0.05) is 6.07 Å². The molecule has 0 radical (unpaired) electrons. The molecule has 0 aliphatic carbocycles. The number of rotatable bonds is 1. The lowest BCUT2D eigenvalue weighted by Crippen LogP contribution is -2.03. The van der Waals surface area contributed by atoms with E-state index in [1.807, 2.05) is 28.7 Å². The maximum absolute atomic E-state index is 10.9. The highest BCUT2D eigenvalue weighted by Crippen LogP contribution is 2.32. The molecule has 0 spiro atoms. The largest absolute Gasteiger partial charge is 0.504 e. The van der Waals surface area contributed by atoms with Crippen molar-refractivity contribution in [2.24, 2.45) is 0 Å². The summed E-state index contributed by atoms with van der Waals surface area (Å²) >= 11 is 4.06. The van der Waals surface area contributed by atoms with Gasteiger partial charge in [-0.3, -0.25) is 0 Å². The van der Waals surface area contributed by atoms with Crippen LogP contribution in [-0.2, 0) is 0 Å². The summed E-state index contributed by atoms with van der Waals surface area (Å²) in [6, 6.07) is 5.41. The van der Waals surface area contributed by atoms with Crippen LogP contribution in [-0.4, -0.2) is 21.2 Å². The Morgan fingerprint density at radius 2 is 2.00 bits per heavy atom. The average Bonchev–Trinajstić information content (AvgIpc) is 2.22. The minimum Gasteiger partial charge on any atom is -0.504 e. The smallest absolute Gasteiger partial charge is 0.358 e. The van der Waals surface area contributed by atoms with E-state index in [1.54, 1.807) is 12.1 Å². The van der Waals surface area contributed by atoms with E-state index in [0.29, 0.717) is 9.09 Å². The van der Waals surface area contributed by atoms with Crippen LogP contribution in [0.15, 0.2) is 18.2 Å². The van der Waals surface area contributed by atoms with E-state index >= 15 is 0 Å². The molecule has 0 aliphatic heterocycles. The van der Waals surface area contributed by atoms with E-state index < -0.39 is 5.97 Å². The zero-order chi connectivity index (χ0) is 11.9. The Bertz CT molecular complexity index is 598. The first-order valence-corrected chi connectivity index (χ1v) is 6.38. The van der Waals surface area contributed by atoms with Gasteiger partial charge in [0.15, 0.2) is 11.4 Å². The third-order valence-electron chi connectivity index (χ3n) is 2.08. The van der Waals surface area contributed by atoms with Crippen LogP contribution in [0.4, 0.5) is 0 Å². The Balaban J connectivity index is 2.94. The number of aromatic carboxylic acids is 1. The van der Waals surface area contributed by atoms with Crippen molar-refractivity contribution in [3.8, 4) is 5.75 Å². The molecule has 2 aromatic rings. The number of pyridine rings is 1. The third kappa shape index (κ3) is 1.83. The molecule has 6 heteroatoms. The van der Waals surface area contributed by atoms with Gasteiger partial charge < -0.3 is 10.2 Å². The predicted octanol–water partition coefficient (Wildman–Crippen LogP) is 2.85. The van der Waals surface area contributed by atoms with Crippen LogP contribution in [0.3, 0.4) is 0 Å². The molecule has 0 saturated heterocycles. The quantitative estimate of drug-likeness (QED) is 0.669. The Morgan fingerprint density at radius 1 is 1.31 bits per heavy atom. The van der Waals surface area contributed by atoms with Crippen molar-refractivity contribution in [2.45, 2.75) is 0 Å². The summed E-state index contributed by atoms with van der Waals surface area (Å²) in [7, 11) is 0. The van der Waals surface area contributed by atoms with Crippen LogP contribution < -0.4 is 0 Å². The van der Waals surface area contributed by atoms with Crippen LogP contribution >= 0.6 is 45.2 Å². The molecule has 1 aromatic carbocycles. The van der Waals surface area contributed by atoms with Crippen LogP contribution in [0.5, 0.6) is 5.75 Å². The van der Waals surface area contributed by atoms with Gasteiger partial charge in [0.25, 0.3) is 0 Å². The fourth-order valence-electron chi connectivity index (χ4n) is 1.37. The molecule has 0 amide bonds. The lowest BCUT2D eigenvalue weighted by Gasteiger charge is -2.07. The van der Waals surface area contributed by atoms with Crippen molar-refractivity contribution >= 4 is 62.1 Å². The van der Waals surface area contributed by atoms with Gasteiger partial charge in [0.2, 0.25) is 0 Å². The first kappa shape index (κ1) is 11.8. The maximum atomic E-state index is 10.9. The molecule has 0 atom stereocenters. The van der Waals surface area contributed by atoms with Gasteiger partial charge in [-0.2, -0.15) is 0 Å². The topological polar surface area (TPSA) is 70.4 Å². The number of hydrogen-bond donors (Lipinski definition) is 2. The molecule has 0 fully saturated rings. The second-order valence-electron chi connectivity index (χ2n) is 3.06. The summed E-state index contributed by atoms with van der Waals surface area (Å²) in [5.41, 5.74) is 0.269. The van der Waals surface area contributed by atoms with E-state index in [-0.39, 0.29) is 11.4 Å². The van der Waals surface area contributed by atoms with E-state index in [1.165, 1.54) is 0 Å². The van der Waals surface area contributed by atoms with Crippen LogP contribution in [0.25, 0.3) is 10.9 Å². The van der Waals surface area contributed by atoms with Crippen molar-refractivity contribution in [3.05, 3.63) is 31.0 Å². The van der Waals surface area contributed by atoms with Crippen molar-refractivity contribution in [1.29, 1.82) is 0 Å². The first-order valence-electron chi connectivity index (χ1n) is 4.22. The summed E-state index contributed by atoms with van der Waals surface area (Å²) in [4.78, 5) is 14.8. The van der Waals surface area contributed by atoms with E-state index in [4.69, 9.17) is 5.11 Å². The summed E-state index contributed by atoms with van der Waals surface area (Å²) < 4.78 is 1.45. The summed E-state index contributed by atoms with van der Waals surface area (Å²) in [5.74, 6) is -1.50. The summed E-state index contributed by atoms with van der Waals surface area (Å²) in [6.45, 7) is 0. The fraction of sp³-hybridized carbons (Fsp3) is 0. The van der Waals surface area contributed by atoms with Crippen molar-refractivity contribution < 1.29 is 15.0 Å². The Morgan fingerprint density at radius 3 is 2.62 bits per heavy atom. The number of carboxylic acids is 1. The molecule has 0 bridgehead atoms. The molecule has 1 heterocycles. The molecule has 1 aromatic heterocycles. The van der Waals surface area contributed by atoms with Crippen molar-refractivity contribution in [3.63, 3.8) is 0 Å². The van der Waals surface area contributed by atoms with Crippen molar-refractivity contribution in [2.75, 3.05) is 0 Å². The third-order valence-corrected chi connectivity index (χ3v) is 4.03. The van der Waals surface area contributed by atoms with E-state index in [9.17, 15) is 9.90 Å². The Kier molecular flexibility index (Phi) is 3.19. The standard InChI is InChI=1S/C10H5I2NO3/c11-4-2-1-3-5-6(4)7(12)9(14)8(13-5)10(15)16/h1-3,14H,(H,15,16). The normalized spacial score (nSPS) is 10.6. The number of fused-ring (bicyclic) bond motifs is 1. The second-order valence-corrected chi connectivity index (χ2v) is 5.30. The number of nitrogens with zero attached hydrogens (tertiary/aromatic N) is 1. The van der Waals surface area contributed by atoms with E-state index in [2.05, 4.69) is 27.6 Å². The zero-order valence-corrected chi connectivity index (χ0v) is 12.1. The van der Waals surface area contributed by atoms with Gasteiger partial charge in [-0.25, -0.2) is 9.78 Å². The Hall–Kier alpha value is -0.640. The molecule has 2 rings (SSSR count). The lowest BCUT2D eigenvalue weighted by molar-refractivity contribution is 0.0687. The lowest BCUT2D eigenvalue weighted by atomic mass is 10.2. The number of hydrogen-bond acceptors (Lipinski definition) is 3. The van der Waals surface area contributed by atoms with Gasteiger partial charge in [-0.05, 0) is 57.3 Å². The average molecular weight is 441 g/mol. The highest BCUT2D eigenvalue weighted by molar-refractivity contribution is 14.1. The maximum Gasteiger partial charge on any atom is 0.358 e. The first-order chi connectivity index (χ1) is 7.52. The number of aromatic nitrogens is 1. The minimum absolute atomic E-state index is 0.273. The monoisotopic (exact) mass is 441 g/mol. The fourth-order valence-corrected chi connectivity index (χ4v) is 3.46. The molecule has 4 nitrogen and oxygen atoms in total. The molecular weight excluding hydrogens is 436 g/mol. The number of benzene rings is 1. The Labute approximate surface area is 118 Å². The second kappa shape index (κ2) is 4.32. The highest BCUT2D eigenvalue weighted by atomic mass is 127. The minimum atomic E-state index is -1.23. The number of halogens is 2. The van der Waals surface area contributed by atoms with Gasteiger partial charge in [-0.15, -0.1) is 0 Å². The van der Waals surface area contributed by atoms with Crippen molar-refractivity contribution in [1.82, 2.24) is 4.98 Å². The molecule has 0 unspecified atom stereocenters. The van der Waals surface area contributed by atoms with E-state index in [0.717, 1.165) is 8.96 Å². The van der Waals surface area contributed by atoms with Gasteiger partial charge in [0, 0.05) is 8.96 Å². The van der Waals surface area contributed by atoms with Crippen LogP contribution in [0, 0.1) is 7.14 Å². The molecule has 0 aliphatic rings. The molecule has 2 N–H and O–H groups in total. The number of carboxylic acid groups (broad SMARTS) is 1. The van der Waals surface area contributed by atoms with Crippen LogP contribution in [0.2, 0.25) is 0 Å². The molecule has 16 heavy (non-hydrogen) atoms. The van der Waals surface area contributed by atoms with Crippen LogP contribution in [0.1, 0.15) is 10.5 Å².